The summed E-state index contributed by atoms with van der Waals surface area (Å²) in [6.45, 7) is 2.83. The van der Waals surface area contributed by atoms with Crippen molar-refractivity contribution in [2.75, 3.05) is 32.6 Å². The number of ether oxygens (including phenoxy) is 2. The van der Waals surface area contributed by atoms with E-state index in [2.05, 4.69) is 10.0 Å². The summed E-state index contributed by atoms with van der Waals surface area (Å²) in [6, 6.07) is 6.55. The van der Waals surface area contributed by atoms with Crippen LogP contribution in [-0.4, -0.2) is 42.0 Å². The van der Waals surface area contributed by atoms with E-state index in [9.17, 15) is 8.42 Å². The van der Waals surface area contributed by atoms with E-state index in [1.54, 1.807) is 38.5 Å². The highest BCUT2D eigenvalue weighted by Crippen LogP contribution is 2.14. The van der Waals surface area contributed by atoms with Gasteiger partial charge < -0.3 is 14.8 Å². The molecule has 0 atom stereocenters. The van der Waals surface area contributed by atoms with Crippen molar-refractivity contribution in [2.24, 2.45) is 0 Å². The van der Waals surface area contributed by atoms with Crippen molar-refractivity contribution < 1.29 is 17.9 Å². The molecule has 6 nitrogen and oxygen atoms in total. The van der Waals surface area contributed by atoms with Crippen molar-refractivity contribution in [3.05, 3.63) is 24.3 Å². The maximum Gasteiger partial charge on any atom is 0.240 e. The van der Waals surface area contributed by atoms with Gasteiger partial charge in [-0.15, -0.1) is 0 Å². The van der Waals surface area contributed by atoms with Gasteiger partial charge in [-0.25, -0.2) is 13.1 Å². The van der Waals surface area contributed by atoms with Gasteiger partial charge in [-0.05, 0) is 30.7 Å². The lowest BCUT2D eigenvalue weighted by Crippen LogP contribution is -2.25. The first-order chi connectivity index (χ1) is 9.53. The van der Waals surface area contributed by atoms with Gasteiger partial charge in [0.05, 0.1) is 11.4 Å². The Morgan fingerprint density at radius 2 is 1.75 bits per heavy atom. The zero-order chi connectivity index (χ0) is 15.0. The van der Waals surface area contributed by atoms with Crippen LogP contribution >= 0.6 is 0 Å². The Kier molecular flexibility index (Phi) is 6.94. The summed E-state index contributed by atoms with van der Waals surface area (Å²) < 4.78 is 36.4. The molecule has 0 radical (unpaired) electrons. The van der Waals surface area contributed by atoms with Crippen LogP contribution in [-0.2, 0) is 19.5 Å². The van der Waals surface area contributed by atoms with Crippen LogP contribution in [0.5, 0.6) is 0 Å². The van der Waals surface area contributed by atoms with Crippen molar-refractivity contribution in [1.29, 1.82) is 0 Å². The number of benzene rings is 1. The maximum atomic E-state index is 11.9. The Hall–Kier alpha value is -1.15. The molecule has 2 N–H and O–H groups in total. The predicted octanol–water partition coefficient (Wildman–Crippen LogP) is 1.41. The number of sulfonamides is 1. The fourth-order valence-corrected chi connectivity index (χ4v) is 2.67. The zero-order valence-corrected chi connectivity index (χ0v) is 12.9. The largest absolute Gasteiger partial charge is 0.380 e. The third-order valence-corrected chi connectivity index (χ3v) is 4.18. The van der Waals surface area contributed by atoms with Crippen LogP contribution in [0.2, 0.25) is 0 Å². The predicted molar refractivity (Wildman–Crippen MR) is 78.2 cm³/mol. The molecule has 0 aliphatic heterocycles. The summed E-state index contributed by atoms with van der Waals surface area (Å²) in [7, 11) is -0.286. The van der Waals surface area contributed by atoms with E-state index in [-0.39, 0.29) is 11.2 Å². The van der Waals surface area contributed by atoms with Gasteiger partial charge >= 0.3 is 0 Å². The number of hydrogen-bond acceptors (Lipinski definition) is 5. The summed E-state index contributed by atoms with van der Waals surface area (Å²) in [5, 5.41) is 3.10. The van der Waals surface area contributed by atoms with Crippen molar-refractivity contribution >= 4 is 15.7 Å². The quantitative estimate of drug-likeness (QED) is 0.674. The highest BCUT2D eigenvalue weighted by Gasteiger charge is 2.12. The Morgan fingerprint density at radius 3 is 2.25 bits per heavy atom. The van der Waals surface area contributed by atoms with Crippen molar-refractivity contribution in [1.82, 2.24) is 4.72 Å². The third kappa shape index (κ3) is 5.09. The second-order valence-electron chi connectivity index (χ2n) is 4.20. The molecule has 114 valence electrons. The molecule has 1 aromatic rings. The lowest BCUT2D eigenvalue weighted by atomic mass is 10.3. The van der Waals surface area contributed by atoms with E-state index in [1.165, 1.54) is 0 Å². The van der Waals surface area contributed by atoms with Crippen molar-refractivity contribution in [3.63, 3.8) is 0 Å². The monoisotopic (exact) mass is 302 g/mol. The lowest BCUT2D eigenvalue weighted by Gasteiger charge is -2.15. The summed E-state index contributed by atoms with van der Waals surface area (Å²) in [5.41, 5.74) is 0.804. The molecule has 0 saturated carbocycles. The molecule has 1 aromatic carbocycles. The van der Waals surface area contributed by atoms with Crippen LogP contribution in [0.25, 0.3) is 0 Å². The smallest absolute Gasteiger partial charge is 0.240 e. The molecular weight excluding hydrogens is 280 g/mol. The molecule has 1 rings (SSSR count). The van der Waals surface area contributed by atoms with Gasteiger partial charge in [-0.2, -0.15) is 0 Å². The van der Waals surface area contributed by atoms with E-state index >= 15 is 0 Å². The van der Waals surface area contributed by atoms with Crippen molar-refractivity contribution in [3.8, 4) is 0 Å². The van der Waals surface area contributed by atoms with Crippen molar-refractivity contribution in [2.45, 2.75) is 24.5 Å². The SMILES string of the molecule is CCCNS(=O)(=O)c1ccc(NCC(OC)OC)cc1. The van der Waals surface area contributed by atoms with Gasteiger partial charge in [-0.1, -0.05) is 6.92 Å². The summed E-state index contributed by atoms with van der Waals surface area (Å²) in [4.78, 5) is 0.256. The third-order valence-electron chi connectivity index (χ3n) is 2.71. The summed E-state index contributed by atoms with van der Waals surface area (Å²) in [6.07, 6.45) is 0.415. The number of nitrogens with one attached hydrogen (secondary N) is 2. The highest BCUT2D eigenvalue weighted by atomic mass is 32.2. The van der Waals surface area contributed by atoms with Crippen LogP contribution in [0.3, 0.4) is 0 Å². The van der Waals surface area contributed by atoms with E-state index in [0.29, 0.717) is 13.1 Å². The molecular formula is C13H22N2O4S. The van der Waals surface area contributed by atoms with Crippen LogP contribution in [0.15, 0.2) is 29.2 Å². The molecule has 7 heteroatoms. The molecule has 0 amide bonds. The lowest BCUT2D eigenvalue weighted by molar-refractivity contribution is -0.0914. The number of rotatable bonds is 9. The minimum atomic E-state index is -3.41. The molecule has 0 spiro atoms. The Labute approximate surface area is 120 Å². The van der Waals surface area contributed by atoms with Gasteiger partial charge in [0.25, 0.3) is 0 Å². The molecule has 0 aromatic heterocycles. The minimum Gasteiger partial charge on any atom is -0.380 e. The highest BCUT2D eigenvalue weighted by molar-refractivity contribution is 7.89. The van der Waals surface area contributed by atoms with Crippen LogP contribution in [0.1, 0.15) is 13.3 Å². The Bertz CT molecular complexity index is 484. The Balaban J connectivity index is 2.64. The van der Waals surface area contributed by atoms with Gasteiger partial charge in [-0.3, -0.25) is 0 Å². The summed E-state index contributed by atoms with van der Waals surface area (Å²) in [5.74, 6) is 0. The first-order valence-corrected chi connectivity index (χ1v) is 7.91. The zero-order valence-electron chi connectivity index (χ0n) is 12.0. The van der Waals surface area contributed by atoms with E-state index in [0.717, 1.165) is 12.1 Å². The fraction of sp³-hybridized carbons (Fsp3) is 0.538. The fourth-order valence-electron chi connectivity index (χ4n) is 1.54. The van der Waals surface area contributed by atoms with Crippen LogP contribution in [0, 0.1) is 0 Å². The van der Waals surface area contributed by atoms with Gasteiger partial charge in [0.2, 0.25) is 10.0 Å². The molecule has 0 heterocycles. The second kappa shape index (κ2) is 8.21. The minimum absolute atomic E-state index is 0.256. The molecule has 0 fully saturated rings. The average molecular weight is 302 g/mol. The number of methoxy groups -OCH3 is 2. The molecule has 0 saturated heterocycles. The maximum absolute atomic E-state index is 11.9. The average Bonchev–Trinajstić information content (AvgIpc) is 2.47. The normalized spacial score (nSPS) is 11.8. The second-order valence-corrected chi connectivity index (χ2v) is 5.97. The summed E-state index contributed by atoms with van der Waals surface area (Å²) >= 11 is 0. The first kappa shape index (κ1) is 16.9. The molecule has 0 aliphatic rings. The molecule has 0 aliphatic carbocycles. The van der Waals surface area contributed by atoms with Crippen LogP contribution in [0.4, 0.5) is 5.69 Å². The van der Waals surface area contributed by atoms with Gasteiger partial charge in [0.15, 0.2) is 6.29 Å². The van der Waals surface area contributed by atoms with Gasteiger partial charge in [0.1, 0.15) is 0 Å². The van der Waals surface area contributed by atoms with Gasteiger partial charge in [0, 0.05) is 26.5 Å². The van der Waals surface area contributed by atoms with E-state index < -0.39 is 10.0 Å². The topological polar surface area (TPSA) is 76.7 Å². The number of anilines is 1. The molecule has 20 heavy (non-hydrogen) atoms. The van der Waals surface area contributed by atoms with E-state index in [4.69, 9.17) is 9.47 Å². The van der Waals surface area contributed by atoms with Crippen LogP contribution < -0.4 is 10.0 Å². The first-order valence-electron chi connectivity index (χ1n) is 6.42. The standard InChI is InChI=1S/C13H22N2O4S/c1-4-9-15-20(16,17)12-7-5-11(6-8-12)14-10-13(18-2)19-3/h5-8,13-15H,4,9-10H2,1-3H3. The number of hydrogen-bond donors (Lipinski definition) is 2. The van der Waals surface area contributed by atoms with E-state index in [1.807, 2.05) is 6.92 Å². The molecule has 0 bridgehead atoms. The molecule has 0 unspecified atom stereocenters. The Morgan fingerprint density at radius 1 is 1.15 bits per heavy atom.